The van der Waals surface area contributed by atoms with Crippen molar-refractivity contribution < 1.29 is 13.9 Å². The fraction of sp³-hybridized carbons (Fsp3) is 0.667. The van der Waals surface area contributed by atoms with Crippen molar-refractivity contribution in [2.24, 2.45) is 0 Å². The average Bonchev–Trinajstić information content (AvgIpc) is 2.48. The summed E-state index contributed by atoms with van der Waals surface area (Å²) in [4.78, 5) is 12.3. The third-order valence-electron chi connectivity index (χ3n) is 3.30. The first-order valence-electron chi connectivity index (χ1n) is 6.53. The smallest absolute Gasteiger partial charge is 0.230 e. The van der Waals surface area contributed by atoms with Crippen LogP contribution in [0.25, 0.3) is 0 Å². The van der Waals surface area contributed by atoms with Gasteiger partial charge in [-0.05, 0) is 0 Å². The molecule has 1 aromatic rings. The number of hydrogen-bond donors (Lipinski definition) is 0. The van der Waals surface area contributed by atoms with E-state index in [9.17, 15) is 4.39 Å². The van der Waals surface area contributed by atoms with Gasteiger partial charge in [0.05, 0.1) is 26.4 Å². The maximum absolute atomic E-state index is 13.7. The number of ether oxygens (including phenoxy) is 2. The van der Waals surface area contributed by atoms with Crippen LogP contribution in [0.15, 0.2) is 6.07 Å². The molecule has 0 bridgehead atoms. The summed E-state index contributed by atoms with van der Waals surface area (Å²) in [6, 6.07) is 1.38. The Morgan fingerprint density at radius 3 is 2.11 bits per heavy atom. The molecule has 0 amide bonds. The van der Waals surface area contributed by atoms with Gasteiger partial charge in [-0.25, -0.2) is 0 Å². The van der Waals surface area contributed by atoms with E-state index in [1.54, 1.807) is 0 Å². The lowest BCUT2D eigenvalue weighted by molar-refractivity contribution is 0.121. The van der Waals surface area contributed by atoms with Crippen LogP contribution in [0.5, 0.6) is 0 Å². The molecule has 1 aromatic heterocycles. The molecule has 0 saturated carbocycles. The van der Waals surface area contributed by atoms with Crippen LogP contribution >= 0.6 is 0 Å². The first-order valence-corrected chi connectivity index (χ1v) is 6.53. The van der Waals surface area contributed by atoms with Gasteiger partial charge in [0.2, 0.25) is 11.9 Å². The summed E-state index contributed by atoms with van der Waals surface area (Å²) in [5.74, 6) is 0.597. The van der Waals surface area contributed by atoms with Crippen LogP contribution in [0.4, 0.5) is 16.2 Å². The van der Waals surface area contributed by atoms with E-state index in [1.807, 2.05) is 9.80 Å². The standard InChI is InChI=1S/C12H17FN4O2/c13-10-9-11(16-1-5-18-6-2-16)15-12(14-10)17-3-7-19-8-4-17/h9H,1-8H2. The molecule has 7 heteroatoms. The highest BCUT2D eigenvalue weighted by Gasteiger charge is 2.19. The lowest BCUT2D eigenvalue weighted by Crippen LogP contribution is -2.39. The number of aromatic nitrogens is 2. The Kier molecular flexibility index (Phi) is 3.74. The van der Waals surface area contributed by atoms with Crippen molar-refractivity contribution >= 4 is 11.8 Å². The Morgan fingerprint density at radius 1 is 0.895 bits per heavy atom. The maximum atomic E-state index is 13.7. The second-order valence-electron chi connectivity index (χ2n) is 4.55. The SMILES string of the molecule is Fc1cc(N2CCOCC2)nc(N2CCOCC2)n1. The zero-order valence-electron chi connectivity index (χ0n) is 10.7. The molecule has 0 atom stereocenters. The van der Waals surface area contributed by atoms with Crippen LogP contribution in [0.2, 0.25) is 0 Å². The van der Waals surface area contributed by atoms with Gasteiger partial charge >= 0.3 is 0 Å². The summed E-state index contributed by atoms with van der Waals surface area (Å²) >= 11 is 0. The van der Waals surface area contributed by atoms with E-state index in [2.05, 4.69) is 9.97 Å². The van der Waals surface area contributed by atoms with Crippen molar-refractivity contribution in [3.8, 4) is 0 Å². The fourth-order valence-electron chi connectivity index (χ4n) is 2.25. The molecule has 0 aromatic carbocycles. The third-order valence-corrected chi connectivity index (χ3v) is 3.30. The molecule has 6 nitrogen and oxygen atoms in total. The van der Waals surface area contributed by atoms with Gasteiger partial charge in [-0.2, -0.15) is 14.4 Å². The summed E-state index contributed by atoms with van der Waals surface area (Å²) in [5.41, 5.74) is 0. The summed E-state index contributed by atoms with van der Waals surface area (Å²) < 4.78 is 24.2. The molecule has 3 heterocycles. The van der Waals surface area contributed by atoms with E-state index in [0.29, 0.717) is 51.3 Å². The largest absolute Gasteiger partial charge is 0.378 e. The molecule has 0 unspecified atom stereocenters. The molecule has 2 aliphatic heterocycles. The van der Waals surface area contributed by atoms with Gasteiger partial charge < -0.3 is 19.3 Å². The topological polar surface area (TPSA) is 50.7 Å². The first kappa shape index (κ1) is 12.6. The number of morpholine rings is 2. The fourth-order valence-corrected chi connectivity index (χ4v) is 2.25. The molecule has 19 heavy (non-hydrogen) atoms. The predicted molar refractivity (Wildman–Crippen MR) is 68.1 cm³/mol. The van der Waals surface area contributed by atoms with Crippen molar-refractivity contribution in [1.82, 2.24) is 9.97 Å². The molecule has 3 rings (SSSR count). The highest BCUT2D eigenvalue weighted by molar-refractivity contribution is 5.44. The Labute approximate surface area is 111 Å². The average molecular weight is 268 g/mol. The molecule has 104 valence electrons. The van der Waals surface area contributed by atoms with Gasteiger partial charge in [-0.1, -0.05) is 0 Å². The molecule has 2 aliphatic rings. The Balaban J connectivity index is 1.82. The van der Waals surface area contributed by atoms with E-state index in [-0.39, 0.29) is 0 Å². The molecular formula is C12H17FN4O2. The maximum Gasteiger partial charge on any atom is 0.230 e. The van der Waals surface area contributed by atoms with Crippen molar-refractivity contribution in [1.29, 1.82) is 0 Å². The van der Waals surface area contributed by atoms with Gasteiger partial charge in [-0.3, -0.25) is 0 Å². The van der Waals surface area contributed by atoms with Gasteiger partial charge in [0.1, 0.15) is 5.82 Å². The number of anilines is 2. The minimum absolute atomic E-state index is 0.449. The Bertz CT molecular complexity index is 397. The lowest BCUT2D eigenvalue weighted by Gasteiger charge is -2.30. The van der Waals surface area contributed by atoms with Crippen LogP contribution in [-0.2, 0) is 9.47 Å². The van der Waals surface area contributed by atoms with Gasteiger partial charge in [0, 0.05) is 32.2 Å². The zero-order chi connectivity index (χ0) is 13.1. The van der Waals surface area contributed by atoms with Crippen LogP contribution < -0.4 is 9.80 Å². The Morgan fingerprint density at radius 2 is 1.47 bits per heavy atom. The molecule has 0 N–H and O–H groups in total. The summed E-state index contributed by atoms with van der Waals surface area (Å²) in [7, 11) is 0. The number of halogens is 1. The molecule has 2 fully saturated rings. The second kappa shape index (κ2) is 5.66. The van der Waals surface area contributed by atoms with Gasteiger partial charge in [0.25, 0.3) is 0 Å². The molecule has 2 saturated heterocycles. The van der Waals surface area contributed by atoms with Crippen LogP contribution in [0, 0.1) is 5.95 Å². The summed E-state index contributed by atoms with van der Waals surface area (Å²) in [5, 5.41) is 0. The van der Waals surface area contributed by atoms with E-state index in [1.165, 1.54) is 6.07 Å². The van der Waals surface area contributed by atoms with Crippen molar-refractivity contribution in [2.75, 3.05) is 62.4 Å². The summed E-state index contributed by atoms with van der Waals surface area (Å²) in [6.45, 7) is 5.44. The van der Waals surface area contributed by atoms with Crippen molar-refractivity contribution in [3.05, 3.63) is 12.0 Å². The van der Waals surface area contributed by atoms with Gasteiger partial charge in [-0.15, -0.1) is 0 Å². The molecule has 0 spiro atoms. The second-order valence-corrected chi connectivity index (χ2v) is 4.55. The minimum atomic E-state index is -0.488. The number of rotatable bonds is 2. The molecule has 0 aliphatic carbocycles. The molecular weight excluding hydrogens is 251 g/mol. The number of hydrogen-bond acceptors (Lipinski definition) is 6. The van der Waals surface area contributed by atoms with E-state index >= 15 is 0 Å². The third kappa shape index (κ3) is 2.93. The highest BCUT2D eigenvalue weighted by atomic mass is 19.1. The van der Waals surface area contributed by atoms with Crippen molar-refractivity contribution in [2.45, 2.75) is 0 Å². The minimum Gasteiger partial charge on any atom is -0.378 e. The van der Waals surface area contributed by atoms with E-state index < -0.39 is 5.95 Å². The quantitative estimate of drug-likeness (QED) is 0.719. The van der Waals surface area contributed by atoms with Crippen LogP contribution in [0.1, 0.15) is 0 Å². The highest BCUT2D eigenvalue weighted by Crippen LogP contribution is 2.18. The normalized spacial score (nSPS) is 20.7. The van der Waals surface area contributed by atoms with E-state index in [0.717, 1.165) is 13.1 Å². The van der Waals surface area contributed by atoms with E-state index in [4.69, 9.17) is 9.47 Å². The van der Waals surface area contributed by atoms with Gasteiger partial charge in [0.15, 0.2) is 0 Å². The molecule has 0 radical (unpaired) electrons. The first-order chi connectivity index (χ1) is 9.33. The lowest BCUT2D eigenvalue weighted by atomic mass is 10.4. The van der Waals surface area contributed by atoms with Crippen LogP contribution in [0.3, 0.4) is 0 Å². The summed E-state index contributed by atoms with van der Waals surface area (Å²) in [6.07, 6.45) is 0. The predicted octanol–water partition coefficient (Wildman–Crippen LogP) is 0.289. The van der Waals surface area contributed by atoms with Crippen molar-refractivity contribution in [3.63, 3.8) is 0 Å². The zero-order valence-corrected chi connectivity index (χ0v) is 10.7. The number of nitrogens with zero attached hydrogens (tertiary/aromatic N) is 4. The van der Waals surface area contributed by atoms with Crippen LogP contribution in [-0.4, -0.2) is 62.6 Å². The monoisotopic (exact) mass is 268 g/mol. The Hall–Kier alpha value is -1.47.